The first-order valence-electron chi connectivity index (χ1n) is 4.54. The van der Waals surface area contributed by atoms with Gasteiger partial charge in [0.2, 0.25) is 0 Å². The summed E-state index contributed by atoms with van der Waals surface area (Å²) in [5.41, 5.74) is 6.41. The van der Waals surface area contributed by atoms with E-state index in [9.17, 15) is 13.2 Å². The number of halogens is 4. The minimum atomic E-state index is -4.31. The third-order valence-electron chi connectivity index (χ3n) is 1.86. The van der Waals surface area contributed by atoms with E-state index in [1.807, 2.05) is 0 Å². The molecule has 6 heteroatoms. The number of rotatable bonds is 4. The van der Waals surface area contributed by atoms with Crippen LogP contribution >= 0.6 is 15.9 Å². The lowest BCUT2D eigenvalue weighted by atomic mass is 10.1. The smallest absolute Gasteiger partial charge is 0.370 e. The van der Waals surface area contributed by atoms with Gasteiger partial charge in [0, 0.05) is 4.47 Å². The molecule has 1 aromatic carbocycles. The Bertz CT molecular complexity index is 326. The van der Waals surface area contributed by atoms with E-state index in [2.05, 4.69) is 20.7 Å². The number of hydrogen-bond donors (Lipinski definition) is 1. The number of nitrogens with two attached hydrogens (primary N) is 1. The summed E-state index contributed by atoms with van der Waals surface area (Å²) >= 11 is 3.25. The fourth-order valence-corrected chi connectivity index (χ4v) is 1.37. The fourth-order valence-electron chi connectivity index (χ4n) is 1.11. The number of hydrogen-bond acceptors (Lipinski definition) is 2. The van der Waals surface area contributed by atoms with Gasteiger partial charge in [-0.2, -0.15) is 13.2 Å². The first kappa shape index (κ1) is 13.5. The normalized spacial score (nSPS) is 13.8. The van der Waals surface area contributed by atoms with E-state index in [4.69, 9.17) is 5.73 Å². The molecule has 1 atom stereocenters. The van der Waals surface area contributed by atoms with Gasteiger partial charge in [0.15, 0.2) is 0 Å². The molecule has 0 saturated heterocycles. The molecule has 2 nitrogen and oxygen atoms in total. The number of benzene rings is 1. The molecule has 1 aromatic rings. The van der Waals surface area contributed by atoms with Gasteiger partial charge in [-0.15, -0.1) is 0 Å². The Kier molecular flexibility index (Phi) is 4.76. The lowest BCUT2D eigenvalue weighted by Gasteiger charge is -2.13. The lowest BCUT2D eigenvalue weighted by Crippen LogP contribution is -2.23. The summed E-state index contributed by atoms with van der Waals surface area (Å²) in [4.78, 5) is 0. The standard InChI is InChI=1S/C10H11BrF3NO/c11-8-3-1-7(2-4-8)9(15)5-16-6-10(12,13)14/h1-4,9H,5-6,15H2. The van der Waals surface area contributed by atoms with Crippen molar-refractivity contribution in [1.29, 1.82) is 0 Å². The molecule has 0 bridgehead atoms. The third kappa shape index (κ3) is 4.96. The number of ether oxygens (including phenoxy) is 1. The van der Waals surface area contributed by atoms with Crippen LogP contribution in [0.5, 0.6) is 0 Å². The summed E-state index contributed by atoms with van der Waals surface area (Å²) in [6, 6.07) is 6.49. The van der Waals surface area contributed by atoms with Crippen molar-refractivity contribution in [3.63, 3.8) is 0 Å². The Morgan fingerprint density at radius 3 is 2.31 bits per heavy atom. The molecule has 1 unspecified atom stereocenters. The van der Waals surface area contributed by atoms with Crippen LogP contribution in [0.15, 0.2) is 28.7 Å². The van der Waals surface area contributed by atoms with Crippen LogP contribution in [-0.4, -0.2) is 19.4 Å². The number of alkyl halides is 3. The molecule has 2 N–H and O–H groups in total. The maximum absolute atomic E-state index is 11.8. The van der Waals surface area contributed by atoms with Crippen molar-refractivity contribution < 1.29 is 17.9 Å². The molecule has 0 aliphatic heterocycles. The molecule has 0 amide bonds. The summed E-state index contributed by atoms with van der Waals surface area (Å²) in [6.45, 7) is -1.42. The maximum Gasteiger partial charge on any atom is 0.411 e. The zero-order valence-corrected chi connectivity index (χ0v) is 9.88. The second kappa shape index (κ2) is 5.65. The minimum Gasteiger partial charge on any atom is -0.370 e. The van der Waals surface area contributed by atoms with Crippen LogP contribution in [-0.2, 0) is 4.74 Å². The highest BCUT2D eigenvalue weighted by molar-refractivity contribution is 9.10. The molecule has 0 aliphatic rings. The van der Waals surface area contributed by atoms with Crippen LogP contribution in [0.1, 0.15) is 11.6 Å². The molecule has 0 aromatic heterocycles. The van der Waals surface area contributed by atoms with Gasteiger partial charge >= 0.3 is 6.18 Å². The highest BCUT2D eigenvalue weighted by Gasteiger charge is 2.27. The zero-order chi connectivity index (χ0) is 12.2. The molecule has 90 valence electrons. The van der Waals surface area contributed by atoms with E-state index < -0.39 is 18.8 Å². The molecule has 0 heterocycles. The summed E-state index contributed by atoms with van der Waals surface area (Å²) in [5, 5.41) is 0. The zero-order valence-electron chi connectivity index (χ0n) is 8.30. The first-order valence-corrected chi connectivity index (χ1v) is 5.33. The summed E-state index contributed by atoms with van der Waals surface area (Å²) in [6.07, 6.45) is -4.31. The molecule has 0 radical (unpaired) electrons. The highest BCUT2D eigenvalue weighted by atomic mass is 79.9. The Labute approximate surface area is 99.7 Å². The Hall–Kier alpha value is -0.590. The Balaban J connectivity index is 2.41. The summed E-state index contributed by atoms with van der Waals surface area (Å²) < 4.78 is 40.7. The summed E-state index contributed by atoms with van der Waals surface area (Å²) in [7, 11) is 0. The largest absolute Gasteiger partial charge is 0.411 e. The van der Waals surface area contributed by atoms with E-state index in [-0.39, 0.29) is 6.61 Å². The quantitative estimate of drug-likeness (QED) is 0.927. The predicted octanol–water partition coefficient (Wildman–Crippen LogP) is 3.03. The molecule has 0 aliphatic carbocycles. The van der Waals surface area contributed by atoms with E-state index >= 15 is 0 Å². The van der Waals surface area contributed by atoms with Gasteiger partial charge in [-0.05, 0) is 17.7 Å². The summed E-state index contributed by atoms with van der Waals surface area (Å²) in [5.74, 6) is 0. The monoisotopic (exact) mass is 297 g/mol. The highest BCUT2D eigenvalue weighted by Crippen LogP contribution is 2.18. The van der Waals surface area contributed by atoms with Gasteiger partial charge in [0.05, 0.1) is 12.6 Å². The third-order valence-corrected chi connectivity index (χ3v) is 2.39. The Morgan fingerprint density at radius 1 is 1.25 bits per heavy atom. The van der Waals surface area contributed by atoms with Gasteiger partial charge in [0.1, 0.15) is 6.61 Å². The second-order valence-corrected chi connectivity index (χ2v) is 4.20. The van der Waals surface area contributed by atoms with Gasteiger partial charge in [-0.1, -0.05) is 28.1 Å². The van der Waals surface area contributed by atoms with Crippen molar-refractivity contribution in [3.8, 4) is 0 Å². The topological polar surface area (TPSA) is 35.2 Å². The van der Waals surface area contributed by atoms with E-state index in [0.29, 0.717) is 0 Å². The van der Waals surface area contributed by atoms with Gasteiger partial charge in [-0.25, -0.2) is 0 Å². The van der Waals surface area contributed by atoms with Gasteiger partial charge in [-0.3, -0.25) is 0 Å². The minimum absolute atomic E-state index is 0.152. The SMILES string of the molecule is NC(COCC(F)(F)F)c1ccc(Br)cc1. The first-order chi connectivity index (χ1) is 7.38. The van der Waals surface area contributed by atoms with Crippen LogP contribution in [0, 0.1) is 0 Å². The van der Waals surface area contributed by atoms with Crippen LogP contribution in [0.25, 0.3) is 0 Å². The Morgan fingerprint density at radius 2 is 1.81 bits per heavy atom. The van der Waals surface area contributed by atoms with E-state index in [1.165, 1.54) is 0 Å². The molecule has 0 fully saturated rings. The van der Waals surface area contributed by atoms with Crippen LogP contribution in [0.4, 0.5) is 13.2 Å². The molecule has 0 spiro atoms. The molecule has 16 heavy (non-hydrogen) atoms. The van der Waals surface area contributed by atoms with Crippen LogP contribution in [0.2, 0.25) is 0 Å². The molecular formula is C10H11BrF3NO. The van der Waals surface area contributed by atoms with Crippen molar-refractivity contribution >= 4 is 15.9 Å². The lowest BCUT2D eigenvalue weighted by molar-refractivity contribution is -0.174. The fraction of sp³-hybridized carbons (Fsp3) is 0.400. The van der Waals surface area contributed by atoms with Gasteiger partial charge < -0.3 is 10.5 Å². The van der Waals surface area contributed by atoms with Crippen molar-refractivity contribution in [2.45, 2.75) is 12.2 Å². The molecular weight excluding hydrogens is 287 g/mol. The molecule has 1 rings (SSSR count). The average Bonchev–Trinajstić information content (AvgIpc) is 2.16. The molecule has 0 saturated carbocycles. The van der Waals surface area contributed by atoms with E-state index in [0.717, 1.165) is 10.0 Å². The van der Waals surface area contributed by atoms with Crippen LogP contribution < -0.4 is 5.73 Å². The van der Waals surface area contributed by atoms with Crippen molar-refractivity contribution in [3.05, 3.63) is 34.3 Å². The van der Waals surface area contributed by atoms with Crippen LogP contribution in [0.3, 0.4) is 0 Å². The van der Waals surface area contributed by atoms with Crippen molar-refractivity contribution in [2.24, 2.45) is 5.73 Å². The second-order valence-electron chi connectivity index (χ2n) is 3.29. The maximum atomic E-state index is 11.8. The average molecular weight is 298 g/mol. The van der Waals surface area contributed by atoms with Gasteiger partial charge in [0.25, 0.3) is 0 Å². The van der Waals surface area contributed by atoms with Crippen molar-refractivity contribution in [1.82, 2.24) is 0 Å². The predicted molar refractivity (Wildman–Crippen MR) is 57.9 cm³/mol. The van der Waals surface area contributed by atoms with Crippen molar-refractivity contribution in [2.75, 3.05) is 13.2 Å². The van der Waals surface area contributed by atoms with E-state index in [1.54, 1.807) is 24.3 Å².